The number of rotatable bonds is 2. The third kappa shape index (κ3) is 2.80. The lowest BCUT2D eigenvalue weighted by Gasteiger charge is -2.30. The maximum Gasteiger partial charge on any atom is 0.313 e. The lowest BCUT2D eigenvalue weighted by molar-refractivity contribution is -0.139. The number of carbonyl (C=O) groups excluding carboxylic acids is 1. The third-order valence-corrected chi connectivity index (χ3v) is 3.63. The molecule has 1 aliphatic rings. The Labute approximate surface area is 112 Å². The van der Waals surface area contributed by atoms with Crippen molar-refractivity contribution < 1.29 is 9.53 Å². The fraction of sp³-hybridized carbons (Fsp3) is 0.615. The molecule has 98 valence electrons. The Morgan fingerprint density at radius 1 is 1.44 bits per heavy atom. The van der Waals surface area contributed by atoms with Gasteiger partial charge in [-0.05, 0) is 24.7 Å². The summed E-state index contributed by atoms with van der Waals surface area (Å²) in [7, 11) is 1.35. The first-order chi connectivity index (χ1) is 8.41. The maximum atomic E-state index is 11.2. The van der Waals surface area contributed by atoms with Crippen LogP contribution >= 0.6 is 11.6 Å². The Kier molecular flexibility index (Phi) is 3.57. The molecule has 0 saturated carbocycles. The highest BCUT2D eigenvalue weighted by molar-refractivity contribution is 6.30. The van der Waals surface area contributed by atoms with Crippen molar-refractivity contribution in [2.45, 2.75) is 39.5 Å². The summed E-state index contributed by atoms with van der Waals surface area (Å²) >= 11 is 6.20. The molecular formula is C13H17ClN2O2. The number of halogens is 1. The van der Waals surface area contributed by atoms with Gasteiger partial charge in [0.2, 0.25) is 0 Å². The summed E-state index contributed by atoms with van der Waals surface area (Å²) in [5.41, 5.74) is 2.25. The smallest absolute Gasteiger partial charge is 0.313 e. The zero-order valence-electron chi connectivity index (χ0n) is 10.9. The molecule has 0 amide bonds. The topological polar surface area (TPSA) is 52.1 Å². The summed E-state index contributed by atoms with van der Waals surface area (Å²) in [4.78, 5) is 19.8. The van der Waals surface area contributed by atoms with Gasteiger partial charge < -0.3 is 4.74 Å². The van der Waals surface area contributed by atoms with E-state index in [9.17, 15) is 4.79 Å². The summed E-state index contributed by atoms with van der Waals surface area (Å²) in [6.07, 6.45) is 2.93. The normalized spacial score (nSPS) is 17.1. The van der Waals surface area contributed by atoms with Crippen LogP contribution in [0.2, 0.25) is 5.15 Å². The van der Waals surface area contributed by atoms with Crippen molar-refractivity contribution in [3.05, 3.63) is 22.2 Å². The molecule has 1 aromatic rings. The number of hydrogen-bond acceptors (Lipinski definition) is 4. The van der Waals surface area contributed by atoms with E-state index < -0.39 is 0 Å². The molecule has 0 unspecified atom stereocenters. The second-order valence-corrected chi connectivity index (χ2v) is 5.81. The fourth-order valence-corrected chi connectivity index (χ4v) is 2.51. The molecule has 4 nitrogen and oxygen atoms in total. The van der Waals surface area contributed by atoms with Gasteiger partial charge in [0.25, 0.3) is 0 Å². The van der Waals surface area contributed by atoms with Crippen molar-refractivity contribution in [1.82, 2.24) is 9.97 Å². The number of nitrogens with zero attached hydrogens (tertiary/aromatic N) is 2. The van der Waals surface area contributed by atoms with Crippen LogP contribution in [0.15, 0.2) is 0 Å². The van der Waals surface area contributed by atoms with Crippen molar-refractivity contribution in [1.29, 1.82) is 0 Å². The van der Waals surface area contributed by atoms with E-state index in [1.54, 1.807) is 0 Å². The molecule has 0 radical (unpaired) electrons. The van der Waals surface area contributed by atoms with Crippen LogP contribution in [0.3, 0.4) is 0 Å². The van der Waals surface area contributed by atoms with Crippen molar-refractivity contribution in [2.75, 3.05) is 7.11 Å². The first-order valence-corrected chi connectivity index (χ1v) is 6.40. The minimum atomic E-state index is -0.345. The lowest BCUT2D eigenvalue weighted by Crippen LogP contribution is -2.24. The van der Waals surface area contributed by atoms with Crippen LogP contribution in [0.5, 0.6) is 0 Å². The summed E-state index contributed by atoms with van der Waals surface area (Å²) in [5.74, 6) is 0.104. The summed E-state index contributed by atoms with van der Waals surface area (Å²) < 4.78 is 4.61. The van der Waals surface area contributed by atoms with Crippen LogP contribution in [0.25, 0.3) is 0 Å². The Morgan fingerprint density at radius 3 is 2.83 bits per heavy atom. The number of fused-ring (bicyclic) bond motifs is 1. The fourth-order valence-electron chi connectivity index (χ4n) is 2.23. The highest BCUT2D eigenvalue weighted by atomic mass is 35.5. The van der Waals surface area contributed by atoms with Crippen molar-refractivity contribution in [3.8, 4) is 0 Å². The van der Waals surface area contributed by atoms with Gasteiger partial charge in [0, 0.05) is 11.3 Å². The first kappa shape index (κ1) is 13.3. The van der Waals surface area contributed by atoms with Crippen molar-refractivity contribution >= 4 is 17.6 Å². The Balaban J connectivity index is 2.30. The number of aryl methyl sites for hydroxylation is 1. The molecule has 0 bridgehead atoms. The molecule has 0 saturated heterocycles. The maximum absolute atomic E-state index is 11.2. The van der Waals surface area contributed by atoms with Gasteiger partial charge >= 0.3 is 5.97 Å². The molecule has 0 spiro atoms. The van der Waals surface area contributed by atoms with Crippen LogP contribution in [0, 0.1) is 5.41 Å². The molecule has 0 fully saturated rings. The molecule has 0 N–H and O–H groups in total. The number of hydrogen-bond donors (Lipinski definition) is 0. The molecule has 0 atom stereocenters. The van der Waals surface area contributed by atoms with Gasteiger partial charge in [-0.2, -0.15) is 0 Å². The van der Waals surface area contributed by atoms with Crippen LogP contribution in [0.4, 0.5) is 0 Å². The van der Waals surface area contributed by atoms with Crippen LogP contribution in [0.1, 0.15) is 37.4 Å². The van der Waals surface area contributed by atoms with E-state index in [2.05, 4.69) is 28.6 Å². The van der Waals surface area contributed by atoms with Gasteiger partial charge in [0.1, 0.15) is 17.4 Å². The van der Waals surface area contributed by atoms with Crippen LogP contribution in [-0.2, 0) is 28.8 Å². The largest absolute Gasteiger partial charge is 0.469 e. The van der Waals surface area contributed by atoms with Gasteiger partial charge in [0.05, 0.1) is 7.11 Å². The van der Waals surface area contributed by atoms with Crippen LogP contribution < -0.4 is 0 Å². The van der Waals surface area contributed by atoms with E-state index in [-0.39, 0.29) is 17.8 Å². The van der Waals surface area contributed by atoms with Gasteiger partial charge in [-0.1, -0.05) is 25.4 Å². The SMILES string of the molecule is COC(=O)Cc1nc(Cl)c2c(n1)CCC(C)(C)C2. The number of esters is 1. The predicted molar refractivity (Wildman–Crippen MR) is 68.6 cm³/mol. The molecule has 0 aliphatic heterocycles. The molecule has 18 heavy (non-hydrogen) atoms. The van der Waals surface area contributed by atoms with Gasteiger partial charge in [-0.15, -0.1) is 0 Å². The van der Waals surface area contributed by atoms with Crippen molar-refractivity contribution in [2.24, 2.45) is 5.41 Å². The monoisotopic (exact) mass is 268 g/mol. The molecule has 1 heterocycles. The Hall–Kier alpha value is -1.16. The Bertz CT molecular complexity index is 486. The minimum Gasteiger partial charge on any atom is -0.469 e. The van der Waals surface area contributed by atoms with Gasteiger partial charge in [-0.3, -0.25) is 4.79 Å². The molecule has 1 aromatic heterocycles. The average Bonchev–Trinajstić information content (AvgIpc) is 2.29. The van der Waals surface area contributed by atoms with Gasteiger partial charge in [0.15, 0.2) is 0 Å². The zero-order chi connectivity index (χ0) is 13.3. The minimum absolute atomic E-state index is 0.0763. The number of ether oxygens (including phenoxy) is 1. The average molecular weight is 269 g/mol. The first-order valence-electron chi connectivity index (χ1n) is 6.02. The summed E-state index contributed by atoms with van der Waals surface area (Å²) in [6.45, 7) is 4.43. The second-order valence-electron chi connectivity index (χ2n) is 5.45. The van der Waals surface area contributed by atoms with E-state index in [1.807, 2.05) is 0 Å². The standard InChI is InChI=1S/C13H17ClN2O2/c1-13(2)5-4-9-8(7-13)12(14)16-10(15-9)6-11(17)18-3/h4-7H2,1-3H3. The van der Waals surface area contributed by atoms with Gasteiger partial charge in [-0.25, -0.2) is 9.97 Å². The molecule has 2 rings (SSSR count). The van der Waals surface area contributed by atoms with Crippen molar-refractivity contribution in [3.63, 3.8) is 0 Å². The highest BCUT2D eigenvalue weighted by Crippen LogP contribution is 2.36. The molecule has 5 heteroatoms. The summed E-state index contributed by atoms with van der Waals surface area (Å²) in [5, 5.41) is 0.478. The molecule has 1 aliphatic carbocycles. The second kappa shape index (κ2) is 4.84. The van der Waals surface area contributed by atoms with Crippen LogP contribution in [-0.4, -0.2) is 23.0 Å². The van der Waals surface area contributed by atoms with E-state index in [0.29, 0.717) is 11.0 Å². The van der Waals surface area contributed by atoms with E-state index in [4.69, 9.17) is 11.6 Å². The summed E-state index contributed by atoms with van der Waals surface area (Å²) in [6, 6.07) is 0. The molecular weight excluding hydrogens is 252 g/mol. The number of aromatic nitrogens is 2. The highest BCUT2D eigenvalue weighted by Gasteiger charge is 2.28. The predicted octanol–water partition coefficient (Wildman–Crippen LogP) is 2.36. The number of carbonyl (C=O) groups is 1. The van der Waals surface area contributed by atoms with E-state index in [0.717, 1.165) is 30.5 Å². The Morgan fingerprint density at radius 2 is 2.17 bits per heavy atom. The van der Waals surface area contributed by atoms with E-state index in [1.165, 1.54) is 7.11 Å². The van der Waals surface area contributed by atoms with E-state index >= 15 is 0 Å². The number of methoxy groups -OCH3 is 1. The quantitative estimate of drug-likeness (QED) is 0.610. The lowest BCUT2D eigenvalue weighted by atomic mass is 9.76. The third-order valence-electron chi connectivity index (χ3n) is 3.31. The molecule has 0 aromatic carbocycles. The zero-order valence-corrected chi connectivity index (χ0v) is 11.7.